The van der Waals surface area contributed by atoms with Gasteiger partial charge in [-0.15, -0.1) is 0 Å². The first kappa shape index (κ1) is 23.2. The van der Waals surface area contributed by atoms with Crippen LogP contribution in [0.1, 0.15) is 30.0 Å². The fraction of sp³-hybridized carbons (Fsp3) is 0.333. The summed E-state index contributed by atoms with van der Waals surface area (Å²) in [7, 11) is 0. The Bertz CT molecular complexity index is 822. The smallest absolute Gasteiger partial charge is 0.367 e. The molecule has 0 unspecified atom stereocenters. The summed E-state index contributed by atoms with van der Waals surface area (Å²) in [6, 6.07) is 13.6. The third-order valence-electron chi connectivity index (χ3n) is 4.02. The molecule has 2 aromatic rings. The highest BCUT2D eigenvalue weighted by molar-refractivity contribution is 5.90. The van der Waals surface area contributed by atoms with Crippen LogP contribution in [0.5, 0.6) is 0 Å². The van der Waals surface area contributed by atoms with Crippen molar-refractivity contribution in [2.75, 3.05) is 11.9 Å². The maximum atomic E-state index is 12.1. The van der Waals surface area contributed by atoms with Crippen LogP contribution in [0.4, 0.5) is 23.7 Å². The van der Waals surface area contributed by atoms with Gasteiger partial charge in [-0.05, 0) is 28.8 Å². The van der Waals surface area contributed by atoms with E-state index in [4.69, 9.17) is 0 Å². The van der Waals surface area contributed by atoms with Gasteiger partial charge in [0.1, 0.15) is 6.61 Å². The molecule has 0 atom stereocenters. The number of hydrogen-bond acceptors (Lipinski definition) is 3. The molecule has 0 aliphatic carbocycles. The number of anilines is 1. The number of rotatable bonds is 9. The summed E-state index contributed by atoms with van der Waals surface area (Å²) >= 11 is 0. The number of nitrogens with one attached hydrogen (secondary N) is 3. The van der Waals surface area contributed by atoms with Crippen molar-refractivity contribution in [1.82, 2.24) is 10.6 Å². The lowest BCUT2D eigenvalue weighted by atomic mass is 10.1. The van der Waals surface area contributed by atoms with E-state index in [1.54, 1.807) is 43.3 Å². The topological polar surface area (TPSA) is 79.5 Å². The Balaban J connectivity index is 1.69. The normalized spacial score (nSPS) is 11.1. The standard InChI is InChI=1S/C21H24F3N3O3/c1-2-19(28)27-18-9-7-16(8-10-18)12-26-20(29)25-11-15-3-5-17(6-4-15)13-30-14-21(22,23)24/h3-10H,2,11-14H2,1H3,(H,27,28)(H2,25,26,29). The van der Waals surface area contributed by atoms with Crippen LogP contribution in [0.15, 0.2) is 48.5 Å². The third kappa shape index (κ3) is 8.95. The minimum absolute atomic E-state index is 0.0675. The van der Waals surface area contributed by atoms with Gasteiger partial charge in [0.05, 0.1) is 6.61 Å². The average molecular weight is 423 g/mol. The monoisotopic (exact) mass is 423 g/mol. The molecular formula is C21H24F3N3O3. The molecule has 0 aliphatic heterocycles. The molecule has 0 fully saturated rings. The zero-order chi connectivity index (χ0) is 22.0. The molecule has 0 aromatic heterocycles. The van der Waals surface area contributed by atoms with Crippen LogP contribution >= 0.6 is 0 Å². The van der Waals surface area contributed by atoms with Crippen molar-refractivity contribution in [2.45, 2.75) is 39.2 Å². The summed E-state index contributed by atoms with van der Waals surface area (Å²) < 4.78 is 40.8. The van der Waals surface area contributed by atoms with E-state index in [0.29, 0.717) is 24.2 Å². The lowest BCUT2D eigenvalue weighted by Crippen LogP contribution is -2.34. The maximum Gasteiger partial charge on any atom is 0.411 e. The van der Waals surface area contributed by atoms with Crippen molar-refractivity contribution < 1.29 is 27.5 Å². The van der Waals surface area contributed by atoms with Gasteiger partial charge >= 0.3 is 12.2 Å². The van der Waals surface area contributed by atoms with E-state index in [9.17, 15) is 22.8 Å². The van der Waals surface area contributed by atoms with E-state index < -0.39 is 12.8 Å². The van der Waals surface area contributed by atoms with Gasteiger partial charge in [0.2, 0.25) is 5.91 Å². The predicted molar refractivity (Wildman–Crippen MR) is 107 cm³/mol. The van der Waals surface area contributed by atoms with Gasteiger partial charge in [0.15, 0.2) is 0 Å². The molecule has 3 amide bonds. The van der Waals surface area contributed by atoms with Crippen molar-refractivity contribution in [2.24, 2.45) is 0 Å². The third-order valence-corrected chi connectivity index (χ3v) is 4.02. The molecule has 0 radical (unpaired) electrons. The highest BCUT2D eigenvalue weighted by Crippen LogP contribution is 2.16. The number of halogens is 3. The highest BCUT2D eigenvalue weighted by atomic mass is 19.4. The summed E-state index contributed by atoms with van der Waals surface area (Å²) in [5.74, 6) is -0.0675. The average Bonchev–Trinajstić information content (AvgIpc) is 2.71. The SMILES string of the molecule is CCC(=O)Nc1ccc(CNC(=O)NCc2ccc(COCC(F)(F)F)cc2)cc1. The van der Waals surface area contributed by atoms with Gasteiger partial charge in [-0.1, -0.05) is 43.3 Å². The molecule has 0 aliphatic rings. The Morgan fingerprint density at radius 1 is 0.867 bits per heavy atom. The number of alkyl halides is 3. The minimum atomic E-state index is -4.34. The molecule has 0 saturated carbocycles. The molecule has 2 rings (SSSR count). The van der Waals surface area contributed by atoms with Gasteiger partial charge < -0.3 is 20.7 Å². The lowest BCUT2D eigenvalue weighted by Gasteiger charge is -2.10. The second kappa shape index (κ2) is 11.2. The Morgan fingerprint density at radius 2 is 1.37 bits per heavy atom. The van der Waals surface area contributed by atoms with Crippen LogP contribution in [-0.2, 0) is 29.2 Å². The molecule has 162 valence electrons. The second-order valence-corrected chi connectivity index (χ2v) is 6.56. The van der Waals surface area contributed by atoms with Crippen molar-refractivity contribution in [3.05, 3.63) is 65.2 Å². The number of amides is 3. The van der Waals surface area contributed by atoms with Gasteiger partial charge in [-0.2, -0.15) is 13.2 Å². The molecule has 2 aromatic carbocycles. The van der Waals surface area contributed by atoms with Crippen molar-refractivity contribution >= 4 is 17.6 Å². The number of hydrogen-bond donors (Lipinski definition) is 3. The Kier molecular flexibility index (Phi) is 8.67. The predicted octanol–water partition coefficient (Wildman–Crippen LogP) is 4.11. The van der Waals surface area contributed by atoms with Crippen LogP contribution in [0, 0.1) is 0 Å². The first-order valence-corrected chi connectivity index (χ1v) is 9.38. The number of ether oxygens (including phenoxy) is 1. The largest absolute Gasteiger partial charge is 0.411 e. The second-order valence-electron chi connectivity index (χ2n) is 6.56. The van der Waals surface area contributed by atoms with Gasteiger partial charge in [-0.3, -0.25) is 4.79 Å². The molecule has 0 heterocycles. The fourth-order valence-electron chi connectivity index (χ4n) is 2.42. The van der Waals surface area contributed by atoms with E-state index in [1.807, 2.05) is 12.1 Å². The molecular weight excluding hydrogens is 399 g/mol. The minimum Gasteiger partial charge on any atom is -0.367 e. The fourth-order valence-corrected chi connectivity index (χ4v) is 2.42. The molecule has 6 nitrogen and oxygen atoms in total. The van der Waals surface area contributed by atoms with E-state index >= 15 is 0 Å². The Morgan fingerprint density at radius 3 is 1.87 bits per heavy atom. The summed E-state index contributed by atoms with van der Waals surface area (Å²) in [6.45, 7) is 0.954. The maximum absolute atomic E-state index is 12.1. The molecule has 9 heteroatoms. The Labute approximate surface area is 172 Å². The van der Waals surface area contributed by atoms with Crippen LogP contribution in [0.25, 0.3) is 0 Å². The molecule has 3 N–H and O–H groups in total. The number of urea groups is 1. The van der Waals surface area contributed by atoms with Crippen LogP contribution in [0.2, 0.25) is 0 Å². The molecule has 0 saturated heterocycles. The molecule has 0 spiro atoms. The first-order chi connectivity index (χ1) is 14.2. The van der Waals surface area contributed by atoms with E-state index in [1.165, 1.54) is 0 Å². The lowest BCUT2D eigenvalue weighted by molar-refractivity contribution is -0.176. The molecule has 0 bridgehead atoms. The number of carbonyl (C=O) groups excluding carboxylic acids is 2. The van der Waals surface area contributed by atoms with Crippen LogP contribution < -0.4 is 16.0 Å². The zero-order valence-corrected chi connectivity index (χ0v) is 16.5. The first-order valence-electron chi connectivity index (χ1n) is 9.38. The zero-order valence-electron chi connectivity index (χ0n) is 16.5. The van der Waals surface area contributed by atoms with Gasteiger partial charge in [0.25, 0.3) is 0 Å². The summed E-state index contributed by atoms with van der Waals surface area (Å²) in [6.07, 6.45) is -3.94. The van der Waals surface area contributed by atoms with Crippen molar-refractivity contribution in [3.8, 4) is 0 Å². The highest BCUT2D eigenvalue weighted by Gasteiger charge is 2.27. The Hall–Kier alpha value is -3.07. The van der Waals surface area contributed by atoms with E-state index in [-0.39, 0.29) is 25.1 Å². The number of carbonyl (C=O) groups is 2. The quantitative estimate of drug-likeness (QED) is 0.568. The van der Waals surface area contributed by atoms with Crippen LogP contribution in [-0.4, -0.2) is 24.7 Å². The van der Waals surface area contributed by atoms with E-state index in [2.05, 4.69) is 20.7 Å². The number of benzene rings is 2. The van der Waals surface area contributed by atoms with Gasteiger partial charge in [0, 0.05) is 25.2 Å². The van der Waals surface area contributed by atoms with Crippen molar-refractivity contribution in [1.29, 1.82) is 0 Å². The van der Waals surface area contributed by atoms with E-state index in [0.717, 1.165) is 11.1 Å². The summed E-state index contributed by atoms with van der Waals surface area (Å²) in [4.78, 5) is 23.3. The summed E-state index contributed by atoms with van der Waals surface area (Å²) in [5.41, 5.74) is 3.00. The van der Waals surface area contributed by atoms with Gasteiger partial charge in [-0.25, -0.2) is 4.79 Å². The molecule has 30 heavy (non-hydrogen) atoms. The van der Waals surface area contributed by atoms with Crippen molar-refractivity contribution in [3.63, 3.8) is 0 Å². The van der Waals surface area contributed by atoms with Crippen LogP contribution in [0.3, 0.4) is 0 Å². The summed E-state index contributed by atoms with van der Waals surface area (Å²) in [5, 5.41) is 8.19.